The topological polar surface area (TPSA) is 87.7 Å². The van der Waals surface area contributed by atoms with Gasteiger partial charge in [-0.15, -0.1) is 0 Å². The molecule has 3 rings (SSSR count). The number of ether oxygens (including phenoxy) is 1. The Bertz CT molecular complexity index is 801. The minimum Gasteiger partial charge on any atom is -0.492 e. The van der Waals surface area contributed by atoms with Gasteiger partial charge in [0.25, 0.3) is 5.91 Å². The summed E-state index contributed by atoms with van der Waals surface area (Å²) in [5.41, 5.74) is 1.07. The number of hydrogen-bond acceptors (Lipinski definition) is 6. The van der Waals surface area contributed by atoms with Crippen LogP contribution in [0.15, 0.2) is 36.7 Å². The lowest BCUT2D eigenvalue weighted by atomic mass is 10.2. The monoisotopic (exact) mass is 369 g/mol. The Morgan fingerprint density at radius 1 is 1.07 bits per heavy atom. The van der Waals surface area contributed by atoms with Crippen molar-refractivity contribution in [1.29, 1.82) is 0 Å². The van der Waals surface area contributed by atoms with E-state index in [2.05, 4.69) is 15.3 Å². The molecule has 2 amide bonds. The molecule has 0 spiro atoms. The van der Waals surface area contributed by atoms with Gasteiger partial charge in [-0.2, -0.15) is 0 Å². The van der Waals surface area contributed by atoms with E-state index in [-0.39, 0.29) is 17.5 Å². The summed E-state index contributed by atoms with van der Waals surface area (Å²) in [5, 5.41) is 3.15. The largest absolute Gasteiger partial charge is 0.492 e. The van der Waals surface area contributed by atoms with Gasteiger partial charge in [-0.3, -0.25) is 9.59 Å². The summed E-state index contributed by atoms with van der Waals surface area (Å²) in [6, 6.07) is 7.56. The lowest BCUT2D eigenvalue weighted by Gasteiger charge is -2.33. The lowest BCUT2D eigenvalue weighted by molar-refractivity contribution is -0.130. The van der Waals surface area contributed by atoms with Gasteiger partial charge in [0, 0.05) is 33.1 Å². The minimum absolute atomic E-state index is 0.0321. The number of piperazine rings is 1. The van der Waals surface area contributed by atoms with Crippen molar-refractivity contribution >= 4 is 23.3 Å². The SMILES string of the molecule is CCOc1ccccc1Nc1cnc(C(=O)N2CCN(C(C)=O)CC2)cn1. The van der Waals surface area contributed by atoms with Crippen LogP contribution in [0.5, 0.6) is 5.75 Å². The van der Waals surface area contributed by atoms with Gasteiger partial charge in [-0.05, 0) is 19.1 Å². The quantitative estimate of drug-likeness (QED) is 0.866. The first-order valence-corrected chi connectivity index (χ1v) is 8.94. The van der Waals surface area contributed by atoms with Gasteiger partial charge < -0.3 is 19.9 Å². The minimum atomic E-state index is -0.174. The highest BCUT2D eigenvalue weighted by Crippen LogP contribution is 2.26. The summed E-state index contributed by atoms with van der Waals surface area (Å²) in [4.78, 5) is 35.9. The van der Waals surface area contributed by atoms with Crippen molar-refractivity contribution in [3.8, 4) is 5.75 Å². The van der Waals surface area contributed by atoms with Crippen molar-refractivity contribution in [1.82, 2.24) is 19.8 Å². The third kappa shape index (κ3) is 4.52. The summed E-state index contributed by atoms with van der Waals surface area (Å²) in [7, 11) is 0. The number of rotatable bonds is 5. The molecule has 0 bridgehead atoms. The summed E-state index contributed by atoms with van der Waals surface area (Å²) in [5.74, 6) is 1.11. The van der Waals surface area contributed by atoms with Crippen LogP contribution in [0.4, 0.5) is 11.5 Å². The average Bonchev–Trinajstić information content (AvgIpc) is 2.70. The maximum Gasteiger partial charge on any atom is 0.274 e. The van der Waals surface area contributed by atoms with E-state index in [9.17, 15) is 9.59 Å². The molecule has 1 aromatic carbocycles. The van der Waals surface area contributed by atoms with Gasteiger partial charge >= 0.3 is 0 Å². The summed E-state index contributed by atoms with van der Waals surface area (Å²) < 4.78 is 5.58. The number of aromatic nitrogens is 2. The van der Waals surface area contributed by atoms with Crippen LogP contribution in [0, 0.1) is 0 Å². The highest BCUT2D eigenvalue weighted by Gasteiger charge is 2.24. The summed E-state index contributed by atoms with van der Waals surface area (Å²) >= 11 is 0. The highest BCUT2D eigenvalue weighted by atomic mass is 16.5. The molecule has 1 aliphatic rings. The Hall–Kier alpha value is -3.16. The van der Waals surface area contributed by atoms with Crippen LogP contribution in [-0.4, -0.2) is 64.4 Å². The van der Waals surface area contributed by atoms with Gasteiger partial charge in [0.05, 0.1) is 24.7 Å². The zero-order chi connectivity index (χ0) is 19.2. The number of para-hydroxylation sites is 2. The van der Waals surface area contributed by atoms with E-state index >= 15 is 0 Å². The molecule has 1 aromatic heterocycles. The van der Waals surface area contributed by atoms with Crippen molar-refractivity contribution < 1.29 is 14.3 Å². The molecule has 0 radical (unpaired) electrons. The van der Waals surface area contributed by atoms with Crippen LogP contribution in [0.1, 0.15) is 24.3 Å². The van der Waals surface area contributed by atoms with E-state index in [1.165, 1.54) is 12.4 Å². The third-order valence-electron chi connectivity index (χ3n) is 4.33. The molecule has 27 heavy (non-hydrogen) atoms. The van der Waals surface area contributed by atoms with Crippen molar-refractivity contribution in [2.45, 2.75) is 13.8 Å². The van der Waals surface area contributed by atoms with Crippen LogP contribution in [-0.2, 0) is 4.79 Å². The second-order valence-electron chi connectivity index (χ2n) is 6.14. The highest BCUT2D eigenvalue weighted by molar-refractivity contribution is 5.92. The molecule has 2 aromatic rings. The standard InChI is InChI=1S/C19H23N5O3/c1-3-27-17-7-5-4-6-15(17)22-18-13-20-16(12-21-18)19(26)24-10-8-23(9-11-24)14(2)25/h4-7,12-13H,3,8-11H2,1-2H3,(H,21,22). The van der Waals surface area contributed by atoms with E-state index in [4.69, 9.17) is 4.74 Å². The molecular formula is C19H23N5O3. The number of anilines is 2. The molecule has 1 saturated heterocycles. The predicted molar refractivity (Wildman–Crippen MR) is 101 cm³/mol. The average molecular weight is 369 g/mol. The maximum atomic E-state index is 12.6. The van der Waals surface area contributed by atoms with Crippen LogP contribution in [0.2, 0.25) is 0 Å². The fourth-order valence-corrected chi connectivity index (χ4v) is 2.88. The molecular weight excluding hydrogens is 346 g/mol. The Kier molecular flexibility index (Phi) is 5.85. The first kappa shape index (κ1) is 18.6. The number of hydrogen-bond donors (Lipinski definition) is 1. The molecule has 142 valence electrons. The van der Waals surface area contributed by atoms with Gasteiger partial charge in [0.15, 0.2) is 0 Å². The van der Waals surface area contributed by atoms with Crippen molar-refractivity contribution in [2.75, 3.05) is 38.1 Å². The summed E-state index contributed by atoms with van der Waals surface area (Å²) in [6.07, 6.45) is 2.99. The molecule has 8 heteroatoms. The molecule has 0 unspecified atom stereocenters. The van der Waals surface area contributed by atoms with Crippen molar-refractivity contribution in [3.63, 3.8) is 0 Å². The zero-order valence-electron chi connectivity index (χ0n) is 15.5. The fraction of sp³-hybridized carbons (Fsp3) is 0.368. The Morgan fingerprint density at radius 3 is 2.41 bits per heavy atom. The number of carbonyl (C=O) groups excluding carboxylic acids is 2. The molecule has 2 heterocycles. The van der Waals surface area contributed by atoms with Crippen LogP contribution >= 0.6 is 0 Å². The first-order chi connectivity index (χ1) is 13.1. The molecule has 0 aliphatic carbocycles. The van der Waals surface area contributed by atoms with Gasteiger partial charge in [-0.1, -0.05) is 12.1 Å². The summed E-state index contributed by atoms with van der Waals surface area (Å²) in [6.45, 7) is 6.12. The smallest absolute Gasteiger partial charge is 0.274 e. The number of nitrogens with zero attached hydrogens (tertiary/aromatic N) is 4. The molecule has 1 aliphatic heterocycles. The van der Waals surface area contributed by atoms with Crippen LogP contribution in [0.25, 0.3) is 0 Å². The van der Waals surface area contributed by atoms with Crippen molar-refractivity contribution in [2.24, 2.45) is 0 Å². The van der Waals surface area contributed by atoms with E-state index in [0.717, 1.165) is 11.4 Å². The second kappa shape index (κ2) is 8.48. The lowest BCUT2D eigenvalue weighted by Crippen LogP contribution is -2.50. The van der Waals surface area contributed by atoms with Gasteiger partial charge in [-0.25, -0.2) is 9.97 Å². The molecule has 0 saturated carbocycles. The Balaban J connectivity index is 1.64. The normalized spacial score (nSPS) is 14.0. The molecule has 1 fully saturated rings. The van der Waals surface area contributed by atoms with E-state index < -0.39 is 0 Å². The first-order valence-electron chi connectivity index (χ1n) is 8.94. The number of benzene rings is 1. The maximum absolute atomic E-state index is 12.6. The van der Waals surface area contributed by atoms with E-state index in [1.807, 2.05) is 31.2 Å². The third-order valence-corrected chi connectivity index (χ3v) is 4.33. The van der Waals surface area contributed by atoms with Crippen LogP contribution < -0.4 is 10.1 Å². The Labute approximate surface area is 158 Å². The fourth-order valence-electron chi connectivity index (χ4n) is 2.88. The molecule has 1 N–H and O–H groups in total. The molecule has 0 atom stereocenters. The Morgan fingerprint density at radius 2 is 1.78 bits per heavy atom. The van der Waals surface area contributed by atoms with Gasteiger partial charge in [0.1, 0.15) is 17.3 Å². The number of carbonyl (C=O) groups is 2. The van der Waals surface area contributed by atoms with Crippen LogP contribution in [0.3, 0.4) is 0 Å². The number of nitrogens with one attached hydrogen (secondary N) is 1. The molecule has 8 nitrogen and oxygen atoms in total. The zero-order valence-corrected chi connectivity index (χ0v) is 15.5. The number of amides is 2. The predicted octanol–water partition coefficient (Wildman–Crippen LogP) is 1.92. The van der Waals surface area contributed by atoms with Crippen molar-refractivity contribution in [3.05, 3.63) is 42.4 Å². The second-order valence-corrected chi connectivity index (χ2v) is 6.14. The van der Waals surface area contributed by atoms with Gasteiger partial charge in [0.2, 0.25) is 5.91 Å². The van der Waals surface area contributed by atoms with E-state index in [0.29, 0.717) is 38.6 Å². The van der Waals surface area contributed by atoms with E-state index in [1.54, 1.807) is 16.7 Å².